The number of aromatic amines is 1. The Labute approximate surface area is 198 Å². The van der Waals surface area contributed by atoms with Crippen molar-refractivity contribution in [1.82, 2.24) is 33.6 Å². The molecule has 0 atom stereocenters. The maximum atomic E-state index is 13.0. The van der Waals surface area contributed by atoms with Gasteiger partial charge in [0.25, 0.3) is 5.56 Å². The minimum Gasteiger partial charge on any atom is -0.343 e. The number of hydrogen-bond acceptors (Lipinski definition) is 5. The lowest BCUT2D eigenvalue weighted by molar-refractivity contribution is -0.132. The Hall–Kier alpha value is -3.17. The van der Waals surface area contributed by atoms with Crippen LogP contribution in [0.15, 0.2) is 28.3 Å². The molecule has 4 rings (SSSR count). The van der Waals surface area contributed by atoms with Gasteiger partial charge in [-0.25, -0.2) is 14.8 Å². The van der Waals surface area contributed by atoms with E-state index in [0.717, 1.165) is 38.8 Å². The Balaban J connectivity index is 1.53. The largest absolute Gasteiger partial charge is 0.343 e. The number of H-pyrrole nitrogens is 1. The molecule has 10 nitrogen and oxygen atoms in total. The number of nitrogens with zero attached hydrogens (tertiary/aromatic N) is 6. The number of nitrogens with one attached hydrogen (secondary N) is 1. The number of rotatable bonds is 9. The number of carbonyl (C=O) groups excluding carboxylic acids is 1. The van der Waals surface area contributed by atoms with Gasteiger partial charge in [0.2, 0.25) is 5.91 Å². The van der Waals surface area contributed by atoms with Gasteiger partial charge in [-0.1, -0.05) is 27.2 Å². The molecule has 34 heavy (non-hydrogen) atoms. The predicted molar refractivity (Wildman–Crippen MR) is 130 cm³/mol. The summed E-state index contributed by atoms with van der Waals surface area (Å²) in [4.78, 5) is 51.4. The Morgan fingerprint density at radius 2 is 1.97 bits per heavy atom. The molecule has 1 amide bonds. The van der Waals surface area contributed by atoms with Crippen molar-refractivity contribution in [2.24, 2.45) is 5.92 Å². The number of fused-ring (bicyclic) bond motifs is 1. The van der Waals surface area contributed by atoms with Gasteiger partial charge in [-0.3, -0.25) is 19.1 Å². The molecule has 0 bridgehead atoms. The van der Waals surface area contributed by atoms with Crippen LogP contribution in [0.25, 0.3) is 11.2 Å². The van der Waals surface area contributed by atoms with Crippen molar-refractivity contribution in [3.63, 3.8) is 0 Å². The molecule has 184 valence electrons. The highest BCUT2D eigenvalue weighted by atomic mass is 16.2. The molecule has 1 fully saturated rings. The number of carbonyl (C=O) groups is 1. The van der Waals surface area contributed by atoms with Crippen LogP contribution in [-0.4, -0.2) is 52.5 Å². The number of imidazole rings is 2. The minimum absolute atomic E-state index is 0.101. The van der Waals surface area contributed by atoms with Crippen LogP contribution in [0, 0.1) is 5.92 Å². The number of aryl methyl sites for hydroxylation is 2. The van der Waals surface area contributed by atoms with Crippen LogP contribution >= 0.6 is 0 Å². The molecule has 3 aromatic heterocycles. The van der Waals surface area contributed by atoms with E-state index in [-0.39, 0.29) is 11.8 Å². The summed E-state index contributed by atoms with van der Waals surface area (Å²) >= 11 is 0. The second kappa shape index (κ2) is 10.4. The second-order valence-corrected chi connectivity index (χ2v) is 9.59. The van der Waals surface area contributed by atoms with Crippen molar-refractivity contribution in [2.45, 2.75) is 78.4 Å². The average Bonchev–Trinajstić information content (AvgIpc) is 3.46. The zero-order chi connectivity index (χ0) is 24.2. The van der Waals surface area contributed by atoms with Crippen molar-refractivity contribution >= 4 is 17.1 Å². The van der Waals surface area contributed by atoms with E-state index in [1.165, 1.54) is 0 Å². The van der Waals surface area contributed by atoms with E-state index in [1.807, 2.05) is 22.0 Å². The van der Waals surface area contributed by atoms with Crippen LogP contribution < -0.4 is 11.2 Å². The molecule has 0 spiro atoms. The third kappa shape index (κ3) is 5.00. The first-order chi connectivity index (χ1) is 16.4. The van der Waals surface area contributed by atoms with Crippen molar-refractivity contribution in [3.8, 4) is 0 Å². The van der Waals surface area contributed by atoms with Crippen LogP contribution in [0.1, 0.15) is 64.7 Å². The highest BCUT2D eigenvalue weighted by molar-refractivity contribution is 5.77. The van der Waals surface area contributed by atoms with Crippen molar-refractivity contribution < 1.29 is 4.79 Å². The van der Waals surface area contributed by atoms with E-state index in [9.17, 15) is 14.4 Å². The van der Waals surface area contributed by atoms with Crippen molar-refractivity contribution in [1.29, 1.82) is 0 Å². The lowest BCUT2D eigenvalue weighted by atomic mass is 10.0. The Bertz CT molecular complexity index is 1230. The number of unbranched alkanes of at least 4 members (excludes halogenated alkanes) is 1. The fourth-order valence-electron chi connectivity index (χ4n) is 4.77. The molecule has 1 aliphatic rings. The first kappa shape index (κ1) is 24.0. The van der Waals surface area contributed by atoms with Crippen molar-refractivity contribution in [3.05, 3.63) is 45.4 Å². The van der Waals surface area contributed by atoms with Crippen LogP contribution in [0.2, 0.25) is 0 Å². The van der Waals surface area contributed by atoms with Gasteiger partial charge in [0.1, 0.15) is 5.82 Å². The fourth-order valence-corrected chi connectivity index (χ4v) is 4.77. The van der Waals surface area contributed by atoms with Crippen LogP contribution in [-0.2, 0) is 24.3 Å². The normalized spacial score (nSPS) is 15.0. The average molecular weight is 470 g/mol. The summed E-state index contributed by atoms with van der Waals surface area (Å²) in [5.41, 5.74) is 0.00280. The number of aromatic nitrogens is 6. The van der Waals surface area contributed by atoms with E-state index >= 15 is 0 Å². The van der Waals surface area contributed by atoms with Gasteiger partial charge in [-0.2, -0.15) is 0 Å². The number of piperidine rings is 1. The highest BCUT2D eigenvalue weighted by Gasteiger charge is 2.25. The second-order valence-electron chi connectivity index (χ2n) is 9.59. The minimum atomic E-state index is -0.427. The molecular formula is C24H35N7O3. The molecule has 0 radical (unpaired) electrons. The lowest BCUT2D eigenvalue weighted by Crippen LogP contribution is -2.39. The topological polar surface area (TPSA) is 111 Å². The fraction of sp³-hybridized carbons (Fsp3) is 0.625. The van der Waals surface area contributed by atoms with Crippen molar-refractivity contribution in [2.75, 3.05) is 13.1 Å². The Morgan fingerprint density at radius 1 is 1.21 bits per heavy atom. The van der Waals surface area contributed by atoms with Crippen LogP contribution in [0.3, 0.4) is 0 Å². The molecule has 0 aliphatic carbocycles. The molecule has 0 saturated carbocycles. The van der Waals surface area contributed by atoms with E-state index in [1.54, 1.807) is 10.8 Å². The van der Waals surface area contributed by atoms with E-state index < -0.39 is 11.2 Å². The maximum absolute atomic E-state index is 13.0. The third-order valence-electron chi connectivity index (χ3n) is 6.57. The SMILES string of the molecule is CCCCn1c(=O)[nH]c(=O)c2c1nc(CCC(=O)N1CCC(n3ccnc3)CC1)n2CC(C)C. The summed E-state index contributed by atoms with van der Waals surface area (Å²) in [6.07, 6.45) is 9.93. The van der Waals surface area contributed by atoms with Gasteiger partial charge in [-0.15, -0.1) is 0 Å². The van der Waals surface area contributed by atoms with E-state index in [0.29, 0.717) is 49.0 Å². The van der Waals surface area contributed by atoms with Gasteiger partial charge in [0.05, 0.1) is 6.33 Å². The van der Waals surface area contributed by atoms with Gasteiger partial charge < -0.3 is 14.0 Å². The number of amides is 1. The zero-order valence-electron chi connectivity index (χ0n) is 20.4. The molecule has 4 heterocycles. The molecule has 3 aromatic rings. The Kier molecular flexibility index (Phi) is 7.33. The predicted octanol–water partition coefficient (Wildman–Crippen LogP) is 2.34. The molecule has 1 saturated heterocycles. The van der Waals surface area contributed by atoms with Gasteiger partial charge in [-0.05, 0) is 25.2 Å². The first-order valence-electron chi connectivity index (χ1n) is 12.4. The van der Waals surface area contributed by atoms with Gasteiger partial charge >= 0.3 is 5.69 Å². The number of hydrogen-bond donors (Lipinski definition) is 1. The quantitative estimate of drug-likeness (QED) is 0.517. The zero-order valence-corrected chi connectivity index (χ0v) is 20.4. The number of likely N-dealkylation sites (tertiary alicyclic amines) is 1. The van der Waals surface area contributed by atoms with Gasteiger partial charge in [0.15, 0.2) is 11.2 Å². The van der Waals surface area contributed by atoms with Gasteiger partial charge in [0, 0.05) is 57.5 Å². The summed E-state index contributed by atoms with van der Waals surface area (Å²) in [5.74, 6) is 1.07. The summed E-state index contributed by atoms with van der Waals surface area (Å²) in [6.45, 7) is 8.76. The highest BCUT2D eigenvalue weighted by Crippen LogP contribution is 2.23. The summed E-state index contributed by atoms with van der Waals surface area (Å²) in [7, 11) is 0. The lowest BCUT2D eigenvalue weighted by Gasteiger charge is -2.32. The molecule has 1 N–H and O–H groups in total. The first-order valence-corrected chi connectivity index (χ1v) is 12.4. The standard InChI is InChI=1S/C24H35N7O3/c1-4-5-11-30-22-21(23(33)27-24(30)34)31(15-17(2)3)19(26-22)6-7-20(32)28-12-8-18(9-13-28)29-14-10-25-16-29/h10,14,16-18H,4-9,11-13,15H2,1-3H3,(H,27,33,34). The maximum Gasteiger partial charge on any atom is 0.330 e. The third-order valence-corrected chi connectivity index (χ3v) is 6.57. The summed E-state index contributed by atoms with van der Waals surface area (Å²) in [5, 5.41) is 0. The smallest absolute Gasteiger partial charge is 0.330 e. The molecule has 1 aliphatic heterocycles. The molecular weight excluding hydrogens is 434 g/mol. The summed E-state index contributed by atoms with van der Waals surface area (Å²) in [6, 6.07) is 0.383. The van der Waals surface area contributed by atoms with Crippen LogP contribution in [0.5, 0.6) is 0 Å². The summed E-state index contributed by atoms with van der Waals surface area (Å²) < 4.78 is 5.58. The monoisotopic (exact) mass is 469 g/mol. The molecule has 0 unspecified atom stereocenters. The Morgan fingerprint density at radius 3 is 2.62 bits per heavy atom. The van der Waals surface area contributed by atoms with E-state index in [4.69, 9.17) is 4.98 Å². The molecule has 10 heteroatoms. The van der Waals surface area contributed by atoms with E-state index in [2.05, 4.69) is 35.3 Å². The van der Waals surface area contributed by atoms with Crippen LogP contribution in [0.4, 0.5) is 0 Å². The molecule has 0 aromatic carbocycles.